The minimum absolute atomic E-state index is 0.329. The molecule has 0 aromatic carbocycles. The van der Waals surface area contributed by atoms with Crippen LogP contribution < -0.4 is 0 Å². The van der Waals surface area contributed by atoms with Gasteiger partial charge in [0.25, 0.3) is 0 Å². The molecule has 0 unspecified atom stereocenters. The van der Waals surface area contributed by atoms with Gasteiger partial charge in [-0.15, -0.1) is 0 Å². The van der Waals surface area contributed by atoms with E-state index in [2.05, 4.69) is 9.88 Å². The van der Waals surface area contributed by atoms with Crippen molar-refractivity contribution in [1.29, 1.82) is 0 Å². The van der Waals surface area contributed by atoms with Gasteiger partial charge in [0.15, 0.2) is 0 Å². The molecule has 1 aromatic rings. The lowest BCUT2D eigenvalue weighted by Gasteiger charge is -2.19. The van der Waals surface area contributed by atoms with Crippen molar-refractivity contribution >= 4 is 0 Å². The highest BCUT2D eigenvalue weighted by Gasteiger charge is 2.12. The van der Waals surface area contributed by atoms with Crippen molar-refractivity contribution in [2.24, 2.45) is 0 Å². The third-order valence-corrected chi connectivity index (χ3v) is 3.16. The zero-order valence-corrected chi connectivity index (χ0v) is 9.95. The molecule has 0 spiro atoms. The molecule has 1 fully saturated rings. The average Bonchev–Trinajstić information content (AvgIpc) is 2.52. The topological polar surface area (TPSA) is 36.4 Å². The number of hydrogen-bond acceptors (Lipinski definition) is 3. The minimum atomic E-state index is 0.329. The van der Waals surface area contributed by atoms with Crippen LogP contribution in [0, 0.1) is 6.92 Å². The molecule has 88 valence electrons. The molecular weight excluding hydrogens is 200 g/mol. The Morgan fingerprint density at radius 1 is 1.19 bits per heavy atom. The number of aromatic hydroxyl groups is 1. The van der Waals surface area contributed by atoms with Crippen molar-refractivity contribution in [3.63, 3.8) is 0 Å². The van der Waals surface area contributed by atoms with Gasteiger partial charge in [-0.2, -0.15) is 0 Å². The summed E-state index contributed by atoms with van der Waals surface area (Å²) in [5, 5.41) is 9.75. The van der Waals surface area contributed by atoms with Crippen molar-refractivity contribution < 1.29 is 5.11 Å². The minimum Gasteiger partial charge on any atom is -0.506 e. The third-order valence-electron chi connectivity index (χ3n) is 3.16. The van der Waals surface area contributed by atoms with Crippen molar-refractivity contribution in [1.82, 2.24) is 9.88 Å². The van der Waals surface area contributed by atoms with Crippen LogP contribution in [-0.2, 0) is 6.54 Å². The predicted molar refractivity (Wildman–Crippen MR) is 64.4 cm³/mol. The normalized spacial score (nSPS) is 18.3. The van der Waals surface area contributed by atoms with Crippen LogP contribution in [0.2, 0.25) is 0 Å². The van der Waals surface area contributed by atoms with E-state index < -0.39 is 0 Å². The fourth-order valence-corrected chi connectivity index (χ4v) is 2.23. The van der Waals surface area contributed by atoms with Gasteiger partial charge >= 0.3 is 0 Å². The summed E-state index contributed by atoms with van der Waals surface area (Å²) in [7, 11) is 0. The van der Waals surface area contributed by atoms with Gasteiger partial charge in [-0.05, 0) is 45.0 Å². The molecule has 16 heavy (non-hydrogen) atoms. The highest BCUT2D eigenvalue weighted by Crippen LogP contribution is 2.19. The fourth-order valence-electron chi connectivity index (χ4n) is 2.23. The zero-order chi connectivity index (χ0) is 11.4. The van der Waals surface area contributed by atoms with E-state index in [-0.39, 0.29) is 0 Å². The Morgan fingerprint density at radius 3 is 2.56 bits per heavy atom. The lowest BCUT2D eigenvalue weighted by atomic mass is 10.2. The summed E-state index contributed by atoms with van der Waals surface area (Å²) in [6, 6.07) is 3.59. The number of aromatic nitrogens is 1. The van der Waals surface area contributed by atoms with Crippen LogP contribution in [0.1, 0.15) is 37.1 Å². The summed E-state index contributed by atoms with van der Waals surface area (Å²) < 4.78 is 0. The Morgan fingerprint density at radius 2 is 1.88 bits per heavy atom. The first kappa shape index (κ1) is 11.4. The summed E-state index contributed by atoms with van der Waals surface area (Å²) in [6.07, 6.45) is 5.21. The van der Waals surface area contributed by atoms with Crippen LogP contribution in [0.4, 0.5) is 0 Å². The Kier molecular flexibility index (Phi) is 3.78. The Labute approximate surface area is 97.1 Å². The number of aryl methyl sites for hydroxylation is 1. The van der Waals surface area contributed by atoms with Crippen molar-refractivity contribution in [3.8, 4) is 5.75 Å². The molecule has 0 radical (unpaired) electrons. The summed E-state index contributed by atoms with van der Waals surface area (Å²) in [4.78, 5) is 6.80. The first-order valence-electron chi connectivity index (χ1n) is 6.13. The molecule has 0 atom stereocenters. The highest BCUT2D eigenvalue weighted by molar-refractivity contribution is 5.27. The molecule has 0 bridgehead atoms. The number of nitrogens with zero attached hydrogens (tertiary/aromatic N) is 2. The van der Waals surface area contributed by atoms with Crippen LogP contribution in [0.3, 0.4) is 0 Å². The highest BCUT2D eigenvalue weighted by atomic mass is 16.3. The van der Waals surface area contributed by atoms with Crippen LogP contribution >= 0.6 is 0 Å². The van der Waals surface area contributed by atoms with Crippen molar-refractivity contribution in [2.75, 3.05) is 13.1 Å². The maximum absolute atomic E-state index is 9.75. The van der Waals surface area contributed by atoms with Gasteiger partial charge in [0, 0.05) is 12.2 Å². The number of hydrogen-bond donors (Lipinski definition) is 1. The monoisotopic (exact) mass is 220 g/mol. The molecule has 2 rings (SSSR count). The summed E-state index contributed by atoms with van der Waals surface area (Å²) >= 11 is 0. The van der Waals surface area contributed by atoms with E-state index in [0.717, 1.165) is 31.0 Å². The Balaban J connectivity index is 2.04. The summed E-state index contributed by atoms with van der Waals surface area (Å²) in [5.41, 5.74) is 1.80. The van der Waals surface area contributed by atoms with E-state index >= 15 is 0 Å². The third kappa shape index (κ3) is 2.95. The second kappa shape index (κ2) is 5.30. The van der Waals surface area contributed by atoms with Gasteiger partial charge in [-0.25, -0.2) is 0 Å². The van der Waals surface area contributed by atoms with Gasteiger partial charge in [0.2, 0.25) is 0 Å². The SMILES string of the molecule is Cc1ccc(O)c(CN2CCCCCC2)n1. The van der Waals surface area contributed by atoms with Gasteiger partial charge in [-0.1, -0.05) is 12.8 Å². The average molecular weight is 220 g/mol. The van der Waals surface area contributed by atoms with Crippen LogP contribution in [0.15, 0.2) is 12.1 Å². The number of pyridine rings is 1. The van der Waals surface area contributed by atoms with Crippen LogP contribution in [0.5, 0.6) is 5.75 Å². The van der Waals surface area contributed by atoms with E-state index in [1.807, 2.05) is 13.0 Å². The first-order valence-corrected chi connectivity index (χ1v) is 6.13. The first-order chi connectivity index (χ1) is 7.75. The van der Waals surface area contributed by atoms with Gasteiger partial charge in [0.1, 0.15) is 5.75 Å². The van der Waals surface area contributed by atoms with Gasteiger partial charge in [-0.3, -0.25) is 9.88 Å². The van der Waals surface area contributed by atoms with Crippen molar-refractivity contribution in [3.05, 3.63) is 23.5 Å². The molecule has 0 aliphatic carbocycles. The summed E-state index contributed by atoms with van der Waals surface area (Å²) in [5.74, 6) is 0.329. The molecule has 2 heterocycles. The molecule has 1 saturated heterocycles. The molecule has 1 aliphatic heterocycles. The molecule has 1 aromatic heterocycles. The maximum Gasteiger partial charge on any atom is 0.138 e. The fraction of sp³-hybridized carbons (Fsp3) is 0.615. The second-order valence-electron chi connectivity index (χ2n) is 4.61. The molecule has 3 heteroatoms. The second-order valence-corrected chi connectivity index (χ2v) is 4.61. The maximum atomic E-state index is 9.75. The van der Waals surface area contributed by atoms with E-state index in [0.29, 0.717) is 5.75 Å². The van der Waals surface area contributed by atoms with Crippen molar-refractivity contribution in [2.45, 2.75) is 39.2 Å². The molecule has 0 saturated carbocycles. The molecular formula is C13H20N2O. The van der Waals surface area contributed by atoms with E-state index in [1.165, 1.54) is 25.7 Å². The number of rotatable bonds is 2. The predicted octanol–water partition coefficient (Wildman–Crippen LogP) is 2.47. The van der Waals surface area contributed by atoms with E-state index in [4.69, 9.17) is 0 Å². The molecule has 3 nitrogen and oxygen atoms in total. The lowest BCUT2D eigenvalue weighted by molar-refractivity contribution is 0.269. The lowest BCUT2D eigenvalue weighted by Crippen LogP contribution is -2.24. The van der Waals surface area contributed by atoms with Crippen LogP contribution in [-0.4, -0.2) is 28.1 Å². The molecule has 0 amide bonds. The van der Waals surface area contributed by atoms with Gasteiger partial charge in [0.05, 0.1) is 5.69 Å². The van der Waals surface area contributed by atoms with Gasteiger partial charge < -0.3 is 5.11 Å². The van der Waals surface area contributed by atoms with E-state index in [1.54, 1.807) is 6.07 Å². The standard InChI is InChI=1S/C13H20N2O/c1-11-6-7-13(16)12(14-11)10-15-8-4-2-3-5-9-15/h6-7,16H,2-5,8-10H2,1H3. The Hall–Kier alpha value is -1.09. The summed E-state index contributed by atoms with van der Waals surface area (Å²) in [6.45, 7) is 5.02. The smallest absolute Gasteiger partial charge is 0.138 e. The molecule has 1 N–H and O–H groups in total. The van der Waals surface area contributed by atoms with E-state index in [9.17, 15) is 5.11 Å². The number of likely N-dealkylation sites (tertiary alicyclic amines) is 1. The van der Waals surface area contributed by atoms with Crippen LogP contribution in [0.25, 0.3) is 0 Å². The molecule has 1 aliphatic rings. The Bertz CT molecular complexity index is 344. The zero-order valence-electron chi connectivity index (χ0n) is 9.95. The quantitative estimate of drug-likeness (QED) is 0.831. The largest absolute Gasteiger partial charge is 0.506 e.